The largest absolute Gasteiger partial charge is 0.306 e. The van der Waals surface area contributed by atoms with Crippen LogP contribution in [0.15, 0.2) is 83.8 Å². The first kappa shape index (κ1) is 22.6. The van der Waals surface area contributed by atoms with Crippen molar-refractivity contribution in [3.8, 4) is 0 Å². The Morgan fingerprint density at radius 3 is 2.00 bits per heavy atom. The zero-order valence-electron chi connectivity index (χ0n) is 17.6. The first-order valence-corrected chi connectivity index (χ1v) is 12.2. The zero-order valence-corrected chi connectivity index (χ0v) is 18.4. The molecule has 3 aromatic carbocycles. The van der Waals surface area contributed by atoms with E-state index in [1.165, 1.54) is 24.3 Å². The smallest absolute Gasteiger partial charge is 0.243 e. The fraction of sp³-hybridized carbons (Fsp3) is 0.280. The number of nitrogens with one attached hydrogen (secondary N) is 1. The summed E-state index contributed by atoms with van der Waals surface area (Å²) >= 11 is 0. The molecule has 1 aliphatic rings. The molecule has 7 heteroatoms. The molecule has 1 fully saturated rings. The molecule has 0 aliphatic carbocycles. The van der Waals surface area contributed by atoms with Crippen LogP contribution in [0.2, 0.25) is 0 Å². The quantitative estimate of drug-likeness (QED) is 0.550. The van der Waals surface area contributed by atoms with Crippen LogP contribution in [-0.4, -0.2) is 25.8 Å². The van der Waals surface area contributed by atoms with Crippen molar-refractivity contribution in [1.82, 2.24) is 9.62 Å². The molecule has 0 saturated carbocycles. The Morgan fingerprint density at radius 1 is 0.844 bits per heavy atom. The zero-order chi connectivity index (χ0) is 22.6. The second-order valence-corrected chi connectivity index (χ2v) is 10.0. The van der Waals surface area contributed by atoms with Gasteiger partial charge in [-0.25, -0.2) is 17.2 Å². The fourth-order valence-electron chi connectivity index (χ4n) is 4.25. The van der Waals surface area contributed by atoms with Crippen LogP contribution in [-0.2, 0) is 16.6 Å². The monoisotopic (exact) mass is 456 g/mol. The second-order valence-electron chi connectivity index (χ2n) is 8.09. The van der Waals surface area contributed by atoms with Crippen LogP contribution in [0, 0.1) is 17.6 Å². The average molecular weight is 457 g/mol. The molecule has 1 unspecified atom stereocenters. The SMILES string of the molecule is O=S(=O)(c1ccccc1)N1CCC(C(NCc2ccc(F)cc2)c2ccc(F)cc2)CC1. The van der Waals surface area contributed by atoms with Crippen molar-refractivity contribution in [1.29, 1.82) is 0 Å². The van der Waals surface area contributed by atoms with Gasteiger partial charge in [0.05, 0.1) is 4.90 Å². The van der Waals surface area contributed by atoms with Crippen LogP contribution in [0.1, 0.15) is 30.0 Å². The number of hydrogen-bond acceptors (Lipinski definition) is 3. The molecule has 32 heavy (non-hydrogen) atoms. The Balaban J connectivity index is 1.48. The van der Waals surface area contributed by atoms with E-state index in [9.17, 15) is 17.2 Å². The van der Waals surface area contributed by atoms with Crippen LogP contribution in [0.5, 0.6) is 0 Å². The summed E-state index contributed by atoms with van der Waals surface area (Å²) in [5.41, 5.74) is 1.90. The van der Waals surface area contributed by atoms with Gasteiger partial charge in [0.2, 0.25) is 10.0 Å². The normalized spacial score (nSPS) is 16.7. The van der Waals surface area contributed by atoms with E-state index in [-0.39, 0.29) is 23.6 Å². The van der Waals surface area contributed by atoms with Crippen molar-refractivity contribution in [2.24, 2.45) is 5.92 Å². The maximum atomic E-state index is 13.5. The van der Waals surface area contributed by atoms with Gasteiger partial charge in [-0.2, -0.15) is 4.31 Å². The Bertz CT molecular complexity index is 1110. The molecule has 1 atom stereocenters. The molecule has 4 nitrogen and oxygen atoms in total. The van der Waals surface area contributed by atoms with Crippen molar-refractivity contribution in [2.75, 3.05) is 13.1 Å². The molecule has 0 spiro atoms. The van der Waals surface area contributed by atoms with Gasteiger partial charge in [0.25, 0.3) is 0 Å². The number of piperidine rings is 1. The van der Waals surface area contributed by atoms with Gasteiger partial charge < -0.3 is 5.32 Å². The van der Waals surface area contributed by atoms with Crippen molar-refractivity contribution in [3.05, 3.63) is 102 Å². The topological polar surface area (TPSA) is 49.4 Å². The van der Waals surface area contributed by atoms with Gasteiger partial charge in [-0.15, -0.1) is 0 Å². The Morgan fingerprint density at radius 2 is 1.41 bits per heavy atom. The van der Waals surface area contributed by atoms with Gasteiger partial charge in [0.1, 0.15) is 11.6 Å². The molecule has 4 rings (SSSR count). The molecule has 1 saturated heterocycles. The van der Waals surface area contributed by atoms with Crippen molar-refractivity contribution >= 4 is 10.0 Å². The van der Waals surface area contributed by atoms with Gasteiger partial charge in [0.15, 0.2) is 0 Å². The molecule has 1 aliphatic heterocycles. The highest BCUT2D eigenvalue weighted by molar-refractivity contribution is 7.89. The van der Waals surface area contributed by atoms with Crippen LogP contribution < -0.4 is 5.32 Å². The molecule has 0 radical (unpaired) electrons. The molecule has 1 heterocycles. The molecular weight excluding hydrogens is 430 g/mol. The summed E-state index contributed by atoms with van der Waals surface area (Å²) in [7, 11) is -3.51. The molecule has 168 valence electrons. The van der Waals surface area contributed by atoms with E-state index in [0.717, 1.165) is 11.1 Å². The lowest BCUT2D eigenvalue weighted by molar-refractivity contribution is 0.223. The fourth-order valence-corrected chi connectivity index (χ4v) is 5.74. The van der Waals surface area contributed by atoms with E-state index in [2.05, 4.69) is 5.32 Å². The standard InChI is InChI=1S/C25H26F2N2O2S/c26-22-10-6-19(7-11-22)18-28-25(20-8-12-23(27)13-9-20)21-14-16-29(17-15-21)32(30,31)24-4-2-1-3-5-24/h1-13,21,25,28H,14-18H2. The van der Waals surface area contributed by atoms with Gasteiger partial charge in [-0.3, -0.25) is 0 Å². The summed E-state index contributed by atoms with van der Waals surface area (Å²) in [5, 5.41) is 3.53. The molecular formula is C25H26F2N2O2S. The minimum absolute atomic E-state index is 0.0674. The summed E-state index contributed by atoms with van der Waals surface area (Å²) in [5.74, 6) is -0.395. The van der Waals surface area contributed by atoms with Crippen molar-refractivity contribution in [3.63, 3.8) is 0 Å². The Hall–Kier alpha value is -2.61. The molecule has 1 N–H and O–H groups in total. The van der Waals surface area contributed by atoms with Crippen LogP contribution >= 0.6 is 0 Å². The summed E-state index contributed by atoms with van der Waals surface area (Å²) in [6.07, 6.45) is 1.37. The summed E-state index contributed by atoms with van der Waals surface area (Å²) in [6, 6.07) is 21.2. The van der Waals surface area contributed by atoms with Crippen molar-refractivity contribution < 1.29 is 17.2 Å². The average Bonchev–Trinajstić information content (AvgIpc) is 2.82. The lowest BCUT2D eigenvalue weighted by Gasteiger charge is -2.36. The molecule has 0 bridgehead atoms. The predicted octanol–water partition coefficient (Wildman–Crippen LogP) is 4.90. The van der Waals surface area contributed by atoms with E-state index < -0.39 is 10.0 Å². The lowest BCUT2D eigenvalue weighted by atomic mass is 9.85. The van der Waals surface area contributed by atoms with Gasteiger partial charge in [-0.1, -0.05) is 42.5 Å². The summed E-state index contributed by atoms with van der Waals surface area (Å²) in [6.45, 7) is 1.39. The maximum Gasteiger partial charge on any atom is 0.243 e. The first-order valence-electron chi connectivity index (χ1n) is 10.7. The van der Waals surface area contributed by atoms with Gasteiger partial charge >= 0.3 is 0 Å². The number of rotatable bonds is 7. The molecule has 0 aromatic heterocycles. The molecule has 3 aromatic rings. The summed E-state index contributed by atoms with van der Waals surface area (Å²) in [4.78, 5) is 0.308. The van der Waals surface area contributed by atoms with E-state index in [1.54, 1.807) is 58.9 Å². The highest BCUT2D eigenvalue weighted by Crippen LogP contribution is 2.33. The number of benzene rings is 3. The molecule has 0 amide bonds. The third-order valence-corrected chi connectivity index (χ3v) is 7.93. The predicted molar refractivity (Wildman–Crippen MR) is 120 cm³/mol. The third kappa shape index (κ3) is 5.23. The van der Waals surface area contributed by atoms with E-state index >= 15 is 0 Å². The minimum Gasteiger partial charge on any atom is -0.306 e. The van der Waals surface area contributed by atoms with Crippen LogP contribution in [0.25, 0.3) is 0 Å². The van der Waals surface area contributed by atoms with Crippen molar-refractivity contribution in [2.45, 2.75) is 30.3 Å². The lowest BCUT2D eigenvalue weighted by Crippen LogP contribution is -2.41. The van der Waals surface area contributed by atoms with Crippen LogP contribution in [0.3, 0.4) is 0 Å². The van der Waals surface area contributed by atoms with E-state index in [4.69, 9.17) is 0 Å². The van der Waals surface area contributed by atoms with E-state index in [1.807, 2.05) is 0 Å². The number of nitrogens with zero attached hydrogens (tertiary/aromatic N) is 1. The maximum absolute atomic E-state index is 13.5. The Labute approximate surface area is 187 Å². The number of sulfonamides is 1. The van der Waals surface area contributed by atoms with Gasteiger partial charge in [0, 0.05) is 25.7 Å². The highest BCUT2D eigenvalue weighted by Gasteiger charge is 2.33. The first-order chi connectivity index (χ1) is 15.4. The Kier molecular flexibility index (Phi) is 6.98. The minimum atomic E-state index is -3.51. The second kappa shape index (κ2) is 9.90. The van der Waals surface area contributed by atoms with E-state index in [0.29, 0.717) is 37.4 Å². The number of halogens is 2. The highest BCUT2D eigenvalue weighted by atomic mass is 32.2. The van der Waals surface area contributed by atoms with Gasteiger partial charge in [-0.05, 0) is 66.3 Å². The number of hydrogen-bond donors (Lipinski definition) is 1. The third-order valence-electron chi connectivity index (χ3n) is 6.02. The van der Waals surface area contributed by atoms with Crippen LogP contribution in [0.4, 0.5) is 8.78 Å². The summed E-state index contributed by atoms with van der Waals surface area (Å²) < 4.78 is 54.2.